The van der Waals surface area contributed by atoms with Crippen molar-refractivity contribution in [2.75, 3.05) is 6.54 Å². The third-order valence-corrected chi connectivity index (χ3v) is 3.72. The molecule has 1 aliphatic rings. The molecule has 1 fully saturated rings. The number of esters is 1. The van der Waals surface area contributed by atoms with Crippen molar-refractivity contribution >= 4 is 46.3 Å². The van der Waals surface area contributed by atoms with Crippen LogP contribution in [0.5, 0.6) is 0 Å². The van der Waals surface area contributed by atoms with Crippen LogP contribution in [-0.2, 0) is 14.3 Å². The molecule has 1 aromatic heterocycles. The van der Waals surface area contributed by atoms with Gasteiger partial charge in [0.25, 0.3) is 5.91 Å². The summed E-state index contributed by atoms with van der Waals surface area (Å²) in [6.45, 7) is 3.33. The maximum Gasteiger partial charge on any atom is 0.326 e. The van der Waals surface area contributed by atoms with Gasteiger partial charge in [-0.1, -0.05) is 24.0 Å². The van der Waals surface area contributed by atoms with E-state index in [9.17, 15) is 9.59 Å². The molecule has 0 N–H and O–H groups in total. The largest absolute Gasteiger partial charge is 0.465 e. The number of furan rings is 1. The van der Waals surface area contributed by atoms with E-state index in [4.69, 9.17) is 21.4 Å². The molecule has 0 bridgehead atoms. The lowest BCUT2D eigenvalue weighted by Gasteiger charge is -2.14. The van der Waals surface area contributed by atoms with Gasteiger partial charge in [-0.15, -0.1) is 0 Å². The van der Waals surface area contributed by atoms with Crippen LogP contribution >= 0.6 is 24.0 Å². The molecule has 0 unspecified atom stereocenters. The third-order valence-electron chi connectivity index (χ3n) is 2.34. The lowest BCUT2D eigenvalue weighted by Crippen LogP contribution is -2.35. The van der Waals surface area contributed by atoms with Gasteiger partial charge >= 0.3 is 5.97 Å². The number of hydrogen-bond acceptors (Lipinski definition) is 6. The molecule has 1 amide bonds. The summed E-state index contributed by atoms with van der Waals surface area (Å²) in [4.78, 5) is 25.4. The second-order valence-corrected chi connectivity index (χ2v) is 6.00. The fourth-order valence-electron chi connectivity index (χ4n) is 1.57. The number of thioether (sulfide) groups is 1. The fourth-order valence-corrected chi connectivity index (χ4v) is 2.80. The van der Waals surface area contributed by atoms with E-state index in [-0.39, 0.29) is 18.6 Å². The standard InChI is InChI=1S/C13H13NO4S2/c1-8(2)18-11(15)7-14-12(16)10(20-13(14)19)6-9-4-3-5-17-9/h3-6,8H,7H2,1-2H3/b10-6+. The van der Waals surface area contributed by atoms with Gasteiger partial charge < -0.3 is 9.15 Å². The summed E-state index contributed by atoms with van der Waals surface area (Å²) in [5.41, 5.74) is 0. The molecule has 5 nitrogen and oxygen atoms in total. The lowest BCUT2D eigenvalue weighted by molar-refractivity contribution is -0.149. The predicted octanol–water partition coefficient (Wildman–Crippen LogP) is 2.43. The molecule has 0 aliphatic carbocycles. The molecule has 0 aromatic carbocycles. The van der Waals surface area contributed by atoms with E-state index in [1.165, 1.54) is 11.2 Å². The molecule has 1 aliphatic heterocycles. The fraction of sp³-hybridized carbons (Fsp3) is 0.308. The Morgan fingerprint density at radius 2 is 2.35 bits per heavy atom. The van der Waals surface area contributed by atoms with E-state index in [0.717, 1.165) is 11.8 Å². The lowest BCUT2D eigenvalue weighted by atomic mass is 10.3. The SMILES string of the molecule is CC(C)OC(=O)CN1C(=O)/C(=C\c2ccco2)SC1=S. The van der Waals surface area contributed by atoms with Crippen LogP contribution < -0.4 is 0 Å². The molecular formula is C13H13NO4S2. The molecule has 106 valence electrons. The number of carbonyl (C=O) groups excluding carboxylic acids is 2. The first-order valence-corrected chi connectivity index (χ1v) is 7.18. The van der Waals surface area contributed by atoms with Gasteiger partial charge in [0.1, 0.15) is 16.6 Å². The van der Waals surface area contributed by atoms with Crippen LogP contribution in [0, 0.1) is 0 Å². The van der Waals surface area contributed by atoms with Crippen LogP contribution in [0.3, 0.4) is 0 Å². The van der Waals surface area contributed by atoms with Gasteiger partial charge in [0.15, 0.2) is 0 Å². The minimum atomic E-state index is -0.476. The van der Waals surface area contributed by atoms with Crippen molar-refractivity contribution in [2.45, 2.75) is 20.0 Å². The van der Waals surface area contributed by atoms with Crippen molar-refractivity contribution in [1.82, 2.24) is 4.90 Å². The Morgan fingerprint density at radius 1 is 1.60 bits per heavy atom. The van der Waals surface area contributed by atoms with E-state index in [1.54, 1.807) is 32.1 Å². The average molecular weight is 311 g/mol. The quantitative estimate of drug-likeness (QED) is 0.483. The molecule has 20 heavy (non-hydrogen) atoms. The molecule has 2 rings (SSSR count). The smallest absolute Gasteiger partial charge is 0.326 e. The first kappa shape index (κ1) is 14.8. The van der Waals surface area contributed by atoms with Crippen LogP contribution in [0.1, 0.15) is 19.6 Å². The zero-order chi connectivity index (χ0) is 14.7. The number of carbonyl (C=O) groups is 2. The van der Waals surface area contributed by atoms with Crippen molar-refractivity contribution in [1.29, 1.82) is 0 Å². The predicted molar refractivity (Wildman–Crippen MR) is 79.8 cm³/mol. The van der Waals surface area contributed by atoms with E-state index >= 15 is 0 Å². The monoisotopic (exact) mass is 311 g/mol. The van der Waals surface area contributed by atoms with Crippen LogP contribution in [0.4, 0.5) is 0 Å². The average Bonchev–Trinajstić information content (AvgIpc) is 2.93. The molecule has 1 aromatic rings. The summed E-state index contributed by atoms with van der Waals surface area (Å²) in [5, 5.41) is 0. The highest BCUT2D eigenvalue weighted by atomic mass is 32.2. The Bertz CT molecular complexity index is 563. The van der Waals surface area contributed by atoms with Crippen molar-refractivity contribution in [3.63, 3.8) is 0 Å². The van der Waals surface area contributed by atoms with E-state index in [0.29, 0.717) is 15.0 Å². The first-order chi connectivity index (χ1) is 9.47. The van der Waals surface area contributed by atoms with Gasteiger partial charge in [0.05, 0.1) is 17.3 Å². The normalized spacial score (nSPS) is 17.4. The number of nitrogens with zero attached hydrogens (tertiary/aromatic N) is 1. The first-order valence-electron chi connectivity index (χ1n) is 5.95. The molecule has 2 heterocycles. The molecule has 7 heteroatoms. The summed E-state index contributed by atoms with van der Waals surface area (Å²) in [6, 6.07) is 3.46. The number of hydrogen-bond donors (Lipinski definition) is 0. The Morgan fingerprint density at radius 3 is 2.95 bits per heavy atom. The maximum absolute atomic E-state index is 12.2. The zero-order valence-electron chi connectivity index (χ0n) is 11.0. The molecule has 1 saturated heterocycles. The van der Waals surface area contributed by atoms with Crippen molar-refractivity contribution in [3.05, 3.63) is 29.1 Å². The van der Waals surface area contributed by atoms with Gasteiger partial charge in [0.2, 0.25) is 0 Å². The highest BCUT2D eigenvalue weighted by Gasteiger charge is 2.34. The zero-order valence-corrected chi connectivity index (χ0v) is 12.6. The van der Waals surface area contributed by atoms with Gasteiger partial charge in [-0.3, -0.25) is 14.5 Å². The highest BCUT2D eigenvalue weighted by Crippen LogP contribution is 2.32. The highest BCUT2D eigenvalue weighted by molar-refractivity contribution is 8.26. The van der Waals surface area contributed by atoms with Crippen LogP contribution in [-0.4, -0.2) is 33.7 Å². The second kappa shape index (κ2) is 6.23. The Labute approximate surface area is 125 Å². The van der Waals surface area contributed by atoms with Gasteiger partial charge in [-0.2, -0.15) is 0 Å². The molecule has 0 atom stereocenters. The van der Waals surface area contributed by atoms with E-state index < -0.39 is 5.97 Å². The minimum Gasteiger partial charge on any atom is -0.465 e. The topological polar surface area (TPSA) is 59.8 Å². The molecule has 0 spiro atoms. The summed E-state index contributed by atoms with van der Waals surface area (Å²) >= 11 is 6.25. The van der Waals surface area contributed by atoms with E-state index in [2.05, 4.69) is 0 Å². The summed E-state index contributed by atoms with van der Waals surface area (Å²) < 4.78 is 10.5. The summed E-state index contributed by atoms with van der Waals surface area (Å²) in [6.07, 6.45) is 2.90. The van der Waals surface area contributed by atoms with Crippen molar-refractivity contribution in [2.24, 2.45) is 0 Å². The van der Waals surface area contributed by atoms with Crippen LogP contribution in [0.15, 0.2) is 27.7 Å². The summed E-state index contributed by atoms with van der Waals surface area (Å²) in [5.74, 6) is -0.220. The number of ether oxygens (including phenoxy) is 1. The molecule has 0 saturated carbocycles. The third kappa shape index (κ3) is 3.49. The molecular weight excluding hydrogens is 298 g/mol. The van der Waals surface area contributed by atoms with Crippen LogP contribution in [0.25, 0.3) is 6.08 Å². The van der Waals surface area contributed by atoms with Crippen molar-refractivity contribution < 1.29 is 18.7 Å². The number of rotatable bonds is 4. The number of thiocarbonyl (C=S) groups is 1. The Balaban J connectivity index is 2.07. The van der Waals surface area contributed by atoms with Crippen LogP contribution in [0.2, 0.25) is 0 Å². The van der Waals surface area contributed by atoms with Gasteiger partial charge in [0, 0.05) is 6.08 Å². The Hall–Kier alpha value is -1.60. The van der Waals surface area contributed by atoms with Gasteiger partial charge in [-0.25, -0.2) is 0 Å². The maximum atomic E-state index is 12.2. The Kier molecular flexibility index (Phi) is 4.61. The van der Waals surface area contributed by atoms with E-state index in [1.807, 2.05) is 0 Å². The summed E-state index contributed by atoms with van der Waals surface area (Å²) in [7, 11) is 0. The second-order valence-electron chi connectivity index (χ2n) is 4.32. The van der Waals surface area contributed by atoms with Gasteiger partial charge in [-0.05, 0) is 26.0 Å². The minimum absolute atomic E-state index is 0.168. The van der Waals surface area contributed by atoms with Crippen molar-refractivity contribution in [3.8, 4) is 0 Å². The molecule has 0 radical (unpaired) electrons. The number of amides is 1.